The van der Waals surface area contributed by atoms with Gasteiger partial charge in [-0.25, -0.2) is 4.98 Å². The molecule has 1 aliphatic rings. The Bertz CT molecular complexity index is 757. The van der Waals surface area contributed by atoms with Crippen molar-refractivity contribution in [1.29, 1.82) is 0 Å². The zero-order chi connectivity index (χ0) is 19.2. The van der Waals surface area contributed by atoms with Crippen LogP contribution in [0, 0.1) is 5.92 Å². The van der Waals surface area contributed by atoms with Crippen LogP contribution >= 0.6 is 0 Å². The minimum absolute atomic E-state index is 0.328. The first-order valence-electron chi connectivity index (χ1n) is 9.82. The molecule has 1 saturated heterocycles. The Morgan fingerprint density at radius 2 is 2.00 bits per heavy atom. The molecule has 144 valence electrons. The van der Waals surface area contributed by atoms with Crippen LogP contribution in [-0.2, 0) is 13.0 Å². The average molecular weight is 367 g/mol. The first-order valence-corrected chi connectivity index (χ1v) is 9.82. The Labute approximate surface area is 162 Å². The smallest absolute Gasteiger partial charge is 0.248 e. The van der Waals surface area contributed by atoms with E-state index in [0.29, 0.717) is 17.5 Å². The van der Waals surface area contributed by atoms with Crippen LogP contribution in [0.4, 0.5) is 5.82 Å². The molecule has 1 fully saturated rings. The second kappa shape index (κ2) is 9.00. The normalized spacial score (nSPS) is 17.8. The van der Waals surface area contributed by atoms with Crippen LogP contribution in [0.3, 0.4) is 0 Å². The molecular weight excluding hydrogens is 336 g/mol. The van der Waals surface area contributed by atoms with Crippen LogP contribution in [0.2, 0.25) is 0 Å². The van der Waals surface area contributed by atoms with Gasteiger partial charge in [-0.1, -0.05) is 38.1 Å². The van der Waals surface area contributed by atoms with Gasteiger partial charge in [0.25, 0.3) is 0 Å². The van der Waals surface area contributed by atoms with Gasteiger partial charge >= 0.3 is 0 Å². The molecule has 0 spiro atoms. The molecule has 5 heteroatoms. The summed E-state index contributed by atoms with van der Waals surface area (Å²) in [5, 5.41) is 3.46. The molecule has 1 aromatic heterocycles. The minimum Gasteiger partial charge on any atom is -0.366 e. The lowest BCUT2D eigenvalue weighted by atomic mass is 10.0. The number of likely N-dealkylation sites (tertiary alicyclic amines) is 1. The van der Waals surface area contributed by atoms with Crippen molar-refractivity contribution in [3.8, 4) is 0 Å². The van der Waals surface area contributed by atoms with Gasteiger partial charge in [0.05, 0.1) is 0 Å². The molecule has 2 aromatic rings. The van der Waals surface area contributed by atoms with Gasteiger partial charge in [0.1, 0.15) is 5.82 Å². The third-order valence-corrected chi connectivity index (χ3v) is 4.98. The zero-order valence-electron chi connectivity index (χ0n) is 16.3. The number of hydrogen-bond acceptors (Lipinski definition) is 4. The van der Waals surface area contributed by atoms with Crippen molar-refractivity contribution in [1.82, 2.24) is 9.88 Å². The molecule has 0 bridgehead atoms. The molecule has 27 heavy (non-hydrogen) atoms. The lowest BCUT2D eigenvalue weighted by molar-refractivity contribution is 0.1000. The number of primary amides is 1. The Hall–Kier alpha value is -2.40. The topological polar surface area (TPSA) is 71.2 Å². The highest BCUT2D eigenvalue weighted by atomic mass is 16.1. The fourth-order valence-corrected chi connectivity index (χ4v) is 3.70. The second-order valence-electron chi connectivity index (χ2n) is 7.93. The largest absolute Gasteiger partial charge is 0.366 e. The molecule has 1 amide bonds. The van der Waals surface area contributed by atoms with E-state index in [4.69, 9.17) is 5.73 Å². The number of amides is 1. The highest BCUT2D eigenvalue weighted by molar-refractivity contribution is 5.93. The molecule has 0 aliphatic carbocycles. The summed E-state index contributed by atoms with van der Waals surface area (Å²) in [5.74, 6) is 0.981. The van der Waals surface area contributed by atoms with Crippen molar-refractivity contribution in [3.05, 3.63) is 59.3 Å². The Morgan fingerprint density at radius 3 is 2.70 bits per heavy atom. The molecule has 3 rings (SSSR count). The standard InChI is InChI=1S/C22H30N4O/c1-16(2)12-17-5-7-18(8-6-17)14-26-11-3-4-20(15-26)25-21-13-19(22(23)27)9-10-24-21/h5-10,13,16,20H,3-4,11-12,14-15H2,1-2H3,(H2,23,27)(H,24,25)/t20-/m0/s1. The SMILES string of the molecule is CC(C)Cc1ccc(CN2CCC[C@H](Nc3cc(C(N)=O)ccn3)C2)cc1. The number of rotatable bonds is 7. The highest BCUT2D eigenvalue weighted by Crippen LogP contribution is 2.18. The van der Waals surface area contributed by atoms with Crippen LogP contribution in [0.25, 0.3) is 0 Å². The summed E-state index contributed by atoms with van der Waals surface area (Å²) in [6, 6.07) is 12.7. The number of nitrogens with zero attached hydrogens (tertiary/aromatic N) is 2. The highest BCUT2D eigenvalue weighted by Gasteiger charge is 2.20. The number of nitrogens with two attached hydrogens (primary N) is 1. The minimum atomic E-state index is -0.424. The first kappa shape index (κ1) is 19.4. The van der Waals surface area contributed by atoms with Gasteiger partial charge in [-0.2, -0.15) is 0 Å². The van der Waals surface area contributed by atoms with E-state index >= 15 is 0 Å². The number of hydrogen-bond donors (Lipinski definition) is 2. The maximum absolute atomic E-state index is 11.3. The summed E-state index contributed by atoms with van der Waals surface area (Å²) in [5.41, 5.74) is 8.61. The molecule has 2 heterocycles. The van der Waals surface area contributed by atoms with Gasteiger partial charge in [-0.05, 0) is 55.0 Å². The lowest BCUT2D eigenvalue weighted by Gasteiger charge is -2.33. The van der Waals surface area contributed by atoms with E-state index in [9.17, 15) is 4.79 Å². The molecule has 5 nitrogen and oxygen atoms in total. The summed E-state index contributed by atoms with van der Waals surface area (Å²) in [4.78, 5) is 18.1. The molecule has 1 aliphatic heterocycles. The molecule has 0 unspecified atom stereocenters. The Kier molecular flexibility index (Phi) is 6.45. The predicted octanol–water partition coefficient (Wildman–Crippen LogP) is 3.46. The van der Waals surface area contributed by atoms with E-state index in [-0.39, 0.29) is 0 Å². The summed E-state index contributed by atoms with van der Waals surface area (Å²) < 4.78 is 0. The molecule has 3 N–H and O–H groups in total. The monoisotopic (exact) mass is 366 g/mol. The molecule has 1 aromatic carbocycles. The number of anilines is 1. The van der Waals surface area contributed by atoms with Crippen molar-refractivity contribution in [2.75, 3.05) is 18.4 Å². The van der Waals surface area contributed by atoms with Gasteiger partial charge in [0.2, 0.25) is 5.91 Å². The maximum atomic E-state index is 11.3. The fourth-order valence-electron chi connectivity index (χ4n) is 3.70. The Morgan fingerprint density at radius 1 is 1.26 bits per heavy atom. The number of piperidine rings is 1. The summed E-state index contributed by atoms with van der Waals surface area (Å²) >= 11 is 0. The number of pyridine rings is 1. The predicted molar refractivity (Wildman–Crippen MR) is 110 cm³/mol. The molecular formula is C22H30N4O. The zero-order valence-corrected chi connectivity index (χ0v) is 16.3. The molecule has 1 atom stereocenters. The van der Waals surface area contributed by atoms with Crippen LogP contribution in [0.15, 0.2) is 42.6 Å². The van der Waals surface area contributed by atoms with E-state index in [2.05, 4.69) is 53.3 Å². The Balaban J connectivity index is 1.56. The van der Waals surface area contributed by atoms with Crippen LogP contribution < -0.4 is 11.1 Å². The fraction of sp³-hybridized carbons (Fsp3) is 0.455. The van der Waals surface area contributed by atoms with Gasteiger partial charge in [0, 0.05) is 30.9 Å². The number of aromatic nitrogens is 1. The summed E-state index contributed by atoms with van der Waals surface area (Å²) in [7, 11) is 0. The summed E-state index contributed by atoms with van der Waals surface area (Å²) in [6.45, 7) is 7.55. The molecule has 0 radical (unpaired) electrons. The quantitative estimate of drug-likeness (QED) is 0.787. The van der Waals surface area contributed by atoms with Crippen LogP contribution in [0.1, 0.15) is 48.2 Å². The van der Waals surface area contributed by atoms with E-state index in [0.717, 1.165) is 44.7 Å². The van der Waals surface area contributed by atoms with Crippen molar-refractivity contribution in [2.24, 2.45) is 11.7 Å². The second-order valence-corrected chi connectivity index (χ2v) is 7.93. The maximum Gasteiger partial charge on any atom is 0.248 e. The van der Waals surface area contributed by atoms with Gasteiger partial charge in [-0.3, -0.25) is 9.69 Å². The number of carbonyl (C=O) groups excluding carboxylic acids is 1. The number of carbonyl (C=O) groups is 1. The van der Waals surface area contributed by atoms with E-state index < -0.39 is 5.91 Å². The third kappa shape index (κ3) is 5.79. The third-order valence-electron chi connectivity index (χ3n) is 4.98. The van der Waals surface area contributed by atoms with Gasteiger partial charge in [-0.15, -0.1) is 0 Å². The van der Waals surface area contributed by atoms with Crippen molar-refractivity contribution in [2.45, 2.75) is 45.7 Å². The van der Waals surface area contributed by atoms with Crippen molar-refractivity contribution in [3.63, 3.8) is 0 Å². The van der Waals surface area contributed by atoms with Gasteiger partial charge < -0.3 is 11.1 Å². The van der Waals surface area contributed by atoms with E-state index in [1.807, 2.05) is 0 Å². The molecule has 0 saturated carbocycles. The van der Waals surface area contributed by atoms with E-state index in [1.54, 1.807) is 18.3 Å². The van der Waals surface area contributed by atoms with Crippen molar-refractivity contribution < 1.29 is 4.79 Å². The van der Waals surface area contributed by atoms with E-state index in [1.165, 1.54) is 11.1 Å². The summed E-state index contributed by atoms with van der Waals surface area (Å²) in [6.07, 6.45) is 5.01. The van der Waals surface area contributed by atoms with Crippen LogP contribution in [-0.4, -0.2) is 34.9 Å². The number of nitrogens with one attached hydrogen (secondary N) is 1. The first-order chi connectivity index (χ1) is 13.0. The average Bonchev–Trinajstić information content (AvgIpc) is 2.63. The van der Waals surface area contributed by atoms with Crippen molar-refractivity contribution >= 4 is 11.7 Å². The van der Waals surface area contributed by atoms with Crippen LogP contribution in [0.5, 0.6) is 0 Å². The number of benzene rings is 1. The lowest BCUT2D eigenvalue weighted by Crippen LogP contribution is -2.41. The van der Waals surface area contributed by atoms with Gasteiger partial charge in [0.15, 0.2) is 0 Å².